The van der Waals surface area contributed by atoms with Crippen LogP contribution in [0, 0.1) is 0 Å². The molecule has 0 saturated heterocycles. The van der Waals surface area contributed by atoms with Crippen molar-refractivity contribution in [1.29, 1.82) is 0 Å². The third-order valence-corrected chi connectivity index (χ3v) is 2.98. The van der Waals surface area contributed by atoms with Crippen molar-refractivity contribution in [2.45, 2.75) is 32.9 Å². The summed E-state index contributed by atoms with van der Waals surface area (Å²) in [5.41, 5.74) is 1.21. The molecule has 0 saturated carbocycles. The highest BCUT2D eigenvalue weighted by molar-refractivity contribution is 6.32. The molecule has 3 nitrogen and oxygen atoms in total. The van der Waals surface area contributed by atoms with Crippen LogP contribution in [-0.2, 0) is 6.54 Å². The molecule has 0 amide bonds. The third kappa shape index (κ3) is 4.51. The molecule has 0 radical (unpaired) electrons. The fourth-order valence-electron chi connectivity index (χ4n) is 1.58. The van der Waals surface area contributed by atoms with E-state index in [1.165, 1.54) is 0 Å². The molecule has 0 aliphatic rings. The van der Waals surface area contributed by atoms with Gasteiger partial charge in [-0.05, 0) is 38.5 Å². The van der Waals surface area contributed by atoms with Gasteiger partial charge in [-0.3, -0.25) is 0 Å². The summed E-state index contributed by atoms with van der Waals surface area (Å²) < 4.78 is 5.65. The number of hydrogen-bond acceptors (Lipinski definition) is 3. The molecular weight excluding hydrogens is 272 g/mol. The van der Waals surface area contributed by atoms with Gasteiger partial charge in [-0.1, -0.05) is 29.8 Å². The summed E-state index contributed by atoms with van der Waals surface area (Å²) in [5.74, 6) is 1.15. The second-order valence-corrected chi connectivity index (χ2v) is 6.05. The first-order chi connectivity index (χ1) is 9.44. The van der Waals surface area contributed by atoms with Gasteiger partial charge in [-0.25, -0.2) is 4.98 Å². The van der Waals surface area contributed by atoms with Crippen molar-refractivity contribution in [1.82, 2.24) is 10.3 Å². The van der Waals surface area contributed by atoms with E-state index >= 15 is 0 Å². The van der Waals surface area contributed by atoms with Crippen molar-refractivity contribution in [2.24, 2.45) is 0 Å². The minimum atomic E-state index is 0.0900. The van der Waals surface area contributed by atoms with Crippen LogP contribution in [-0.4, -0.2) is 10.5 Å². The summed E-state index contributed by atoms with van der Waals surface area (Å²) in [6.07, 6.45) is 1.81. The number of halogens is 1. The van der Waals surface area contributed by atoms with Crippen molar-refractivity contribution in [3.05, 3.63) is 53.2 Å². The van der Waals surface area contributed by atoms with Gasteiger partial charge in [0.1, 0.15) is 5.75 Å². The van der Waals surface area contributed by atoms with Crippen LogP contribution in [0.5, 0.6) is 11.6 Å². The molecule has 0 atom stereocenters. The Morgan fingerprint density at radius 3 is 2.50 bits per heavy atom. The first-order valence-corrected chi connectivity index (χ1v) is 6.94. The molecule has 20 heavy (non-hydrogen) atoms. The van der Waals surface area contributed by atoms with Crippen molar-refractivity contribution >= 4 is 11.6 Å². The number of nitrogens with zero attached hydrogens (tertiary/aromatic N) is 1. The quantitative estimate of drug-likeness (QED) is 0.905. The van der Waals surface area contributed by atoms with E-state index in [4.69, 9.17) is 16.3 Å². The highest BCUT2D eigenvalue weighted by Gasteiger charge is 2.08. The van der Waals surface area contributed by atoms with Gasteiger partial charge in [0.2, 0.25) is 5.88 Å². The van der Waals surface area contributed by atoms with Crippen molar-refractivity contribution in [2.75, 3.05) is 0 Å². The Labute approximate surface area is 124 Å². The average molecular weight is 291 g/mol. The lowest BCUT2D eigenvalue weighted by Gasteiger charge is -2.20. The zero-order valence-corrected chi connectivity index (χ0v) is 12.7. The lowest BCUT2D eigenvalue weighted by molar-refractivity contribution is 0.423. The van der Waals surface area contributed by atoms with Crippen molar-refractivity contribution in [3.63, 3.8) is 0 Å². The monoisotopic (exact) mass is 290 g/mol. The van der Waals surface area contributed by atoms with E-state index in [0.717, 1.165) is 12.1 Å². The largest absolute Gasteiger partial charge is 0.437 e. The second-order valence-electron chi connectivity index (χ2n) is 5.64. The summed E-state index contributed by atoms with van der Waals surface area (Å²) in [4.78, 5) is 4.29. The summed E-state index contributed by atoms with van der Waals surface area (Å²) in [7, 11) is 0. The van der Waals surface area contributed by atoms with Gasteiger partial charge < -0.3 is 10.1 Å². The molecule has 2 aromatic rings. The Morgan fingerprint density at radius 1 is 1.15 bits per heavy atom. The van der Waals surface area contributed by atoms with E-state index in [9.17, 15) is 0 Å². The molecule has 0 unspecified atom stereocenters. The lowest BCUT2D eigenvalue weighted by atomic mass is 10.1. The fourth-order valence-corrected chi connectivity index (χ4v) is 1.76. The molecule has 0 aliphatic heterocycles. The Kier molecular flexibility index (Phi) is 4.63. The van der Waals surface area contributed by atoms with Crippen LogP contribution in [0.25, 0.3) is 0 Å². The van der Waals surface area contributed by atoms with Crippen molar-refractivity contribution < 1.29 is 4.74 Å². The SMILES string of the molecule is CC(C)(C)NCc1ccc(Oc2ccccc2Cl)nc1. The van der Waals surface area contributed by atoms with Crippen molar-refractivity contribution in [3.8, 4) is 11.6 Å². The molecule has 1 aromatic heterocycles. The zero-order valence-electron chi connectivity index (χ0n) is 12.0. The zero-order chi connectivity index (χ0) is 14.6. The van der Waals surface area contributed by atoms with E-state index in [1.807, 2.05) is 36.5 Å². The summed E-state index contributed by atoms with van der Waals surface area (Å²) >= 11 is 6.04. The number of aromatic nitrogens is 1. The molecule has 2 rings (SSSR count). The molecule has 0 aliphatic carbocycles. The Hall–Kier alpha value is -1.58. The maximum atomic E-state index is 6.04. The molecule has 1 N–H and O–H groups in total. The van der Waals surface area contributed by atoms with Crippen LogP contribution >= 0.6 is 11.6 Å². The number of nitrogens with one attached hydrogen (secondary N) is 1. The number of para-hydroxylation sites is 1. The molecule has 1 aromatic carbocycles. The second kappa shape index (κ2) is 6.25. The summed E-state index contributed by atoms with van der Waals surface area (Å²) in [6.45, 7) is 7.18. The van der Waals surface area contributed by atoms with Gasteiger partial charge in [0.05, 0.1) is 5.02 Å². The molecule has 0 fully saturated rings. The predicted octanol–water partition coefficient (Wildman–Crippen LogP) is 4.42. The van der Waals surface area contributed by atoms with Crippen LogP contribution in [0.3, 0.4) is 0 Å². The van der Waals surface area contributed by atoms with Crippen LogP contribution in [0.1, 0.15) is 26.3 Å². The molecule has 0 spiro atoms. The number of hydrogen-bond donors (Lipinski definition) is 1. The maximum absolute atomic E-state index is 6.04. The Bertz CT molecular complexity index is 561. The smallest absolute Gasteiger partial charge is 0.219 e. The van der Waals surface area contributed by atoms with E-state index in [0.29, 0.717) is 16.7 Å². The third-order valence-electron chi connectivity index (χ3n) is 2.67. The average Bonchev–Trinajstić information content (AvgIpc) is 2.40. The van der Waals surface area contributed by atoms with E-state index in [1.54, 1.807) is 6.07 Å². The Morgan fingerprint density at radius 2 is 1.90 bits per heavy atom. The Balaban J connectivity index is 2.00. The summed E-state index contributed by atoms with van der Waals surface area (Å²) in [5, 5.41) is 3.99. The highest BCUT2D eigenvalue weighted by atomic mass is 35.5. The number of pyridine rings is 1. The molecular formula is C16H19ClN2O. The fraction of sp³-hybridized carbons (Fsp3) is 0.312. The normalized spacial score (nSPS) is 11.4. The summed E-state index contributed by atoms with van der Waals surface area (Å²) in [6, 6.07) is 11.2. The van der Waals surface area contributed by atoms with E-state index in [2.05, 4.69) is 31.1 Å². The van der Waals surface area contributed by atoms with Gasteiger partial charge in [0.25, 0.3) is 0 Å². The molecule has 1 heterocycles. The minimum absolute atomic E-state index is 0.0900. The minimum Gasteiger partial charge on any atom is -0.437 e. The molecule has 4 heteroatoms. The first-order valence-electron chi connectivity index (χ1n) is 6.56. The van der Waals surface area contributed by atoms with Gasteiger partial charge in [0.15, 0.2) is 0 Å². The highest BCUT2D eigenvalue weighted by Crippen LogP contribution is 2.27. The molecule has 106 valence electrons. The van der Waals surface area contributed by atoms with Crippen LogP contribution < -0.4 is 10.1 Å². The van der Waals surface area contributed by atoms with Crippen LogP contribution in [0.4, 0.5) is 0 Å². The number of rotatable bonds is 4. The van der Waals surface area contributed by atoms with E-state index in [-0.39, 0.29) is 5.54 Å². The van der Waals surface area contributed by atoms with Crippen LogP contribution in [0.15, 0.2) is 42.6 Å². The number of ether oxygens (including phenoxy) is 1. The standard InChI is InChI=1S/C16H19ClN2O/c1-16(2,3)19-11-12-8-9-15(18-10-12)20-14-7-5-4-6-13(14)17/h4-10,19H,11H2,1-3H3. The van der Waals surface area contributed by atoms with Gasteiger partial charge in [-0.15, -0.1) is 0 Å². The maximum Gasteiger partial charge on any atom is 0.219 e. The first kappa shape index (κ1) is 14.8. The van der Waals surface area contributed by atoms with E-state index < -0.39 is 0 Å². The van der Waals surface area contributed by atoms with Crippen LogP contribution in [0.2, 0.25) is 5.02 Å². The van der Waals surface area contributed by atoms with Gasteiger partial charge in [0, 0.05) is 24.3 Å². The van der Waals surface area contributed by atoms with Gasteiger partial charge in [-0.2, -0.15) is 0 Å². The number of benzene rings is 1. The lowest BCUT2D eigenvalue weighted by Crippen LogP contribution is -2.35. The molecule has 0 bridgehead atoms. The van der Waals surface area contributed by atoms with Gasteiger partial charge >= 0.3 is 0 Å². The predicted molar refractivity (Wildman–Crippen MR) is 82.4 cm³/mol. The topological polar surface area (TPSA) is 34.1 Å².